The molecule has 0 heterocycles. The molecule has 0 N–H and O–H groups in total. The molecule has 1 aliphatic rings. The zero-order valence-electron chi connectivity index (χ0n) is 21.7. The molecular formula is C29H40O5. The first kappa shape index (κ1) is 27.8. The van der Waals surface area contributed by atoms with Crippen molar-refractivity contribution in [3.63, 3.8) is 0 Å². The topological polar surface area (TPSA) is 85.3 Å². The number of rotatable bonds is 13. The third-order valence-electron chi connectivity index (χ3n) is 7.04. The van der Waals surface area contributed by atoms with E-state index in [-0.39, 0.29) is 65.9 Å². The largest absolute Gasteiger partial charge is 0.300 e. The van der Waals surface area contributed by atoms with Gasteiger partial charge in [-0.05, 0) is 56.1 Å². The molecule has 0 amide bonds. The summed E-state index contributed by atoms with van der Waals surface area (Å²) in [6.07, 6.45) is 3.57. The molecule has 0 aliphatic heterocycles. The molecule has 1 aromatic carbocycles. The minimum absolute atomic E-state index is 0.0285. The third kappa shape index (κ3) is 6.80. The van der Waals surface area contributed by atoms with Crippen molar-refractivity contribution in [2.45, 2.75) is 92.9 Å². The van der Waals surface area contributed by atoms with Gasteiger partial charge in [-0.25, -0.2) is 0 Å². The van der Waals surface area contributed by atoms with E-state index >= 15 is 0 Å². The Morgan fingerprint density at radius 1 is 1.09 bits per heavy atom. The van der Waals surface area contributed by atoms with E-state index in [1.807, 2.05) is 40.7 Å². The zero-order chi connectivity index (χ0) is 25.6. The van der Waals surface area contributed by atoms with Crippen molar-refractivity contribution in [2.24, 2.45) is 23.7 Å². The number of carbonyl (C=O) groups is 5. The van der Waals surface area contributed by atoms with Gasteiger partial charge < -0.3 is 0 Å². The lowest BCUT2D eigenvalue weighted by molar-refractivity contribution is -0.130. The van der Waals surface area contributed by atoms with Crippen molar-refractivity contribution in [2.75, 3.05) is 0 Å². The van der Waals surface area contributed by atoms with Crippen LogP contribution in [0.1, 0.15) is 111 Å². The van der Waals surface area contributed by atoms with Crippen LogP contribution in [0.5, 0.6) is 0 Å². The van der Waals surface area contributed by atoms with Crippen LogP contribution in [0.25, 0.3) is 0 Å². The van der Waals surface area contributed by atoms with Crippen molar-refractivity contribution >= 4 is 28.9 Å². The second-order valence-corrected chi connectivity index (χ2v) is 10.4. The fourth-order valence-corrected chi connectivity index (χ4v) is 5.50. The molecule has 186 valence electrons. The van der Waals surface area contributed by atoms with Crippen molar-refractivity contribution in [3.05, 3.63) is 34.4 Å². The Morgan fingerprint density at radius 2 is 1.76 bits per heavy atom. The molecule has 0 fully saturated rings. The third-order valence-corrected chi connectivity index (χ3v) is 7.04. The van der Waals surface area contributed by atoms with Gasteiger partial charge in [0.1, 0.15) is 17.3 Å². The van der Waals surface area contributed by atoms with E-state index < -0.39 is 5.92 Å². The van der Waals surface area contributed by atoms with Gasteiger partial charge in [-0.2, -0.15) is 0 Å². The smallest absolute Gasteiger partial charge is 0.167 e. The molecule has 5 heteroatoms. The molecule has 5 nitrogen and oxygen atoms in total. The normalized spacial score (nSPS) is 17.4. The minimum atomic E-state index is -0.455. The Hall–Kier alpha value is -2.43. The molecule has 2 rings (SSSR count). The second kappa shape index (κ2) is 12.3. The number of ketones is 5. The number of hydrogen-bond donors (Lipinski definition) is 0. The second-order valence-electron chi connectivity index (χ2n) is 10.4. The summed E-state index contributed by atoms with van der Waals surface area (Å²) >= 11 is 0. The summed E-state index contributed by atoms with van der Waals surface area (Å²) < 4.78 is 0. The van der Waals surface area contributed by atoms with Crippen LogP contribution in [0.4, 0.5) is 0 Å². The highest BCUT2D eigenvalue weighted by Gasteiger charge is 2.37. The van der Waals surface area contributed by atoms with E-state index in [4.69, 9.17) is 0 Å². The molecular weight excluding hydrogens is 428 g/mol. The van der Waals surface area contributed by atoms with Crippen LogP contribution in [-0.2, 0) is 20.8 Å². The summed E-state index contributed by atoms with van der Waals surface area (Å²) in [4.78, 5) is 63.2. The average Bonchev–Trinajstić information content (AvgIpc) is 2.72. The molecule has 0 aromatic heterocycles. The van der Waals surface area contributed by atoms with Crippen LogP contribution >= 0.6 is 0 Å². The van der Waals surface area contributed by atoms with Crippen LogP contribution < -0.4 is 0 Å². The molecule has 0 saturated heterocycles. The summed E-state index contributed by atoms with van der Waals surface area (Å²) in [6.45, 7) is 11.2. The van der Waals surface area contributed by atoms with E-state index in [0.717, 1.165) is 24.0 Å². The summed E-state index contributed by atoms with van der Waals surface area (Å²) in [5, 5.41) is 0. The number of fused-ring (bicyclic) bond motifs is 1. The highest BCUT2D eigenvalue weighted by atomic mass is 16.2. The Morgan fingerprint density at radius 3 is 2.32 bits per heavy atom. The lowest BCUT2D eigenvalue weighted by atomic mass is 9.71. The SMILES string of the molecule is CCCC(CC1CC(=O)c2c(ccc(CC(=O)CC(C)C)c2C)C1=O)C(CC)C(=O)CC(C)=O. The fourth-order valence-electron chi connectivity index (χ4n) is 5.50. The molecule has 0 bridgehead atoms. The first-order valence-electron chi connectivity index (χ1n) is 12.7. The molecule has 3 unspecified atom stereocenters. The minimum Gasteiger partial charge on any atom is -0.300 e. The number of Topliss-reactive ketones (excluding diaryl/α,β-unsaturated/α-hetero) is 5. The highest BCUT2D eigenvalue weighted by Crippen LogP contribution is 2.37. The van der Waals surface area contributed by atoms with Crippen LogP contribution in [0.2, 0.25) is 0 Å². The van der Waals surface area contributed by atoms with Gasteiger partial charge in [0.25, 0.3) is 0 Å². The van der Waals surface area contributed by atoms with Gasteiger partial charge in [-0.3, -0.25) is 24.0 Å². The molecule has 0 saturated carbocycles. The first-order valence-corrected chi connectivity index (χ1v) is 12.7. The number of carbonyl (C=O) groups excluding carboxylic acids is 5. The van der Waals surface area contributed by atoms with E-state index in [1.165, 1.54) is 6.92 Å². The average molecular weight is 469 g/mol. The fraction of sp³-hybridized carbons (Fsp3) is 0.621. The summed E-state index contributed by atoms with van der Waals surface area (Å²) in [6, 6.07) is 3.52. The van der Waals surface area contributed by atoms with E-state index in [0.29, 0.717) is 30.4 Å². The van der Waals surface area contributed by atoms with Crippen LogP contribution in [0.15, 0.2) is 12.1 Å². The molecule has 3 atom stereocenters. The summed E-state index contributed by atoms with van der Waals surface area (Å²) in [7, 11) is 0. The van der Waals surface area contributed by atoms with Gasteiger partial charge >= 0.3 is 0 Å². The Bertz CT molecular complexity index is 956. The van der Waals surface area contributed by atoms with Crippen LogP contribution in [-0.4, -0.2) is 28.9 Å². The van der Waals surface area contributed by atoms with Crippen LogP contribution in [0.3, 0.4) is 0 Å². The van der Waals surface area contributed by atoms with E-state index in [2.05, 4.69) is 0 Å². The van der Waals surface area contributed by atoms with Crippen molar-refractivity contribution in [1.29, 1.82) is 0 Å². The quantitative estimate of drug-likeness (QED) is 0.336. The van der Waals surface area contributed by atoms with Crippen molar-refractivity contribution in [3.8, 4) is 0 Å². The standard InChI is InChI=1S/C29H40O5/c1-7-9-21(24(8-2)26(32)13-18(5)30)14-22-16-27(33)28-19(6)20(10-11-25(28)29(22)34)15-23(31)12-17(3)4/h10-11,17,21-22,24H,7-9,12-16H2,1-6H3. The molecule has 34 heavy (non-hydrogen) atoms. The maximum atomic E-state index is 13.4. The molecule has 0 radical (unpaired) electrons. The number of hydrogen-bond acceptors (Lipinski definition) is 5. The maximum absolute atomic E-state index is 13.4. The van der Waals surface area contributed by atoms with Gasteiger partial charge in [0, 0.05) is 42.2 Å². The monoisotopic (exact) mass is 468 g/mol. The lowest BCUT2D eigenvalue weighted by Crippen LogP contribution is -2.33. The van der Waals surface area contributed by atoms with E-state index in [1.54, 1.807) is 6.07 Å². The Labute approximate surface area is 204 Å². The zero-order valence-corrected chi connectivity index (χ0v) is 21.7. The lowest BCUT2D eigenvalue weighted by Gasteiger charge is -2.31. The van der Waals surface area contributed by atoms with Crippen LogP contribution in [0, 0.1) is 30.6 Å². The predicted molar refractivity (Wildman–Crippen MR) is 133 cm³/mol. The van der Waals surface area contributed by atoms with E-state index in [9.17, 15) is 24.0 Å². The molecule has 1 aromatic rings. The van der Waals surface area contributed by atoms with Crippen molar-refractivity contribution < 1.29 is 24.0 Å². The Balaban J connectivity index is 2.29. The summed E-state index contributed by atoms with van der Waals surface area (Å²) in [5.74, 6) is -0.661. The predicted octanol–water partition coefficient (Wildman–Crippen LogP) is 5.92. The highest BCUT2D eigenvalue weighted by molar-refractivity contribution is 6.16. The van der Waals surface area contributed by atoms with Gasteiger partial charge in [0.2, 0.25) is 0 Å². The number of benzene rings is 1. The summed E-state index contributed by atoms with van der Waals surface area (Å²) in [5.41, 5.74) is 2.45. The molecule has 1 aliphatic carbocycles. The van der Waals surface area contributed by atoms with Crippen molar-refractivity contribution in [1.82, 2.24) is 0 Å². The Kier molecular flexibility index (Phi) is 10.1. The first-order chi connectivity index (χ1) is 16.0. The van der Waals surface area contributed by atoms with Gasteiger partial charge in [0.05, 0.1) is 6.42 Å². The molecule has 0 spiro atoms. The van der Waals surface area contributed by atoms with Gasteiger partial charge in [0.15, 0.2) is 11.6 Å². The maximum Gasteiger partial charge on any atom is 0.167 e. The van der Waals surface area contributed by atoms with Gasteiger partial charge in [-0.1, -0.05) is 46.2 Å². The van der Waals surface area contributed by atoms with Gasteiger partial charge in [-0.15, -0.1) is 0 Å².